The molecule has 3 atom stereocenters. The summed E-state index contributed by atoms with van der Waals surface area (Å²) in [4.78, 5) is 33.8. The zero-order chi connectivity index (χ0) is 27.9. The van der Waals surface area contributed by atoms with E-state index in [1.165, 1.54) is 5.56 Å². The molecule has 206 valence electrons. The smallest absolute Gasteiger partial charge is 0.321 e. The SMILES string of the molecule is COc1ccc(NC(=O)N2CCCCN3[C@H](CNC(C)=O)[C@H](c4ccc(C#Cc5ccccn5)cc4)[C@@H]3C2)cc1. The topological polar surface area (TPSA) is 86.8 Å². The Hall–Kier alpha value is -4.35. The number of aromatic nitrogens is 1. The maximum atomic E-state index is 13.3. The van der Waals surface area contributed by atoms with Crippen molar-refractivity contribution in [2.45, 2.75) is 37.8 Å². The van der Waals surface area contributed by atoms with Crippen LogP contribution in [0.3, 0.4) is 0 Å². The molecule has 2 aliphatic rings. The largest absolute Gasteiger partial charge is 0.497 e. The van der Waals surface area contributed by atoms with Crippen molar-refractivity contribution < 1.29 is 14.3 Å². The second-order valence-electron chi connectivity index (χ2n) is 10.2. The Labute approximate surface area is 235 Å². The Balaban J connectivity index is 1.34. The minimum Gasteiger partial charge on any atom is -0.497 e. The molecule has 0 radical (unpaired) electrons. The lowest BCUT2D eigenvalue weighted by Gasteiger charge is -2.57. The number of nitrogens with zero attached hydrogens (tertiary/aromatic N) is 3. The van der Waals surface area contributed by atoms with Crippen molar-refractivity contribution >= 4 is 17.6 Å². The van der Waals surface area contributed by atoms with Gasteiger partial charge in [0.1, 0.15) is 11.4 Å². The molecule has 3 heterocycles. The van der Waals surface area contributed by atoms with Gasteiger partial charge in [-0.15, -0.1) is 0 Å². The molecule has 1 aromatic heterocycles. The molecular weight excluding hydrogens is 502 g/mol. The summed E-state index contributed by atoms with van der Waals surface area (Å²) in [5.74, 6) is 7.20. The first kappa shape index (κ1) is 27.2. The first-order valence-electron chi connectivity index (χ1n) is 13.7. The summed E-state index contributed by atoms with van der Waals surface area (Å²) in [7, 11) is 1.62. The van der Waals surface area contributed by atoms with Crippen LogP contribution in [0.1, 0.15) is 42.5 Å². The van der Waals surface area contributed by atoms with E-state index in [0.717, 1.165) is 42.1 Å². The summed E-state index contributed by atoms with van der Waals surface area (Å²) >= 11 is 0. The molecule has 2 aromatic carbocycles. The zero-order valence-electron chi connectivity index (χ0n) is 23.0. The molecule has 5 rings (SSSR count). The number of urea groups is 1. The number of ether oxygens (including phenoxy) is 1. The quantitative estimate of drug-likeness (QED) is 0.479. The highest BCUT2D eigenvalue weighted by atomic mass is 16.5. The maximum Gasteiger partial charge on any atom is 0.321 e. The molecule has 0 unspecified atom stereocenters. The van der Waals surface area contributed by atoms with E-state index in [4.69, 9.17) is 4.74 Å². The fraction of sp³-hybridized carbons (Fsp3) is 0.344. The van der Waals surface area contributed by atoms with E-state index >= 15 is 0 Å². The number of hydrogen-bond donors (Lipinski definition) is 2. The number of fused-ring (bicyclic) bond motifs is 1. The van der Waals surface area contributed by atoms with Gasteiger partial charge in [-0.25, -0.2) is 9.78 Å². The van der Waals surface area contributed by atoms with Crippen molar-refractivity contribution in [2.75, 3.05) is 38.6 Å². The molecule has 40 heavy (non-hydrogen) atoms. The summed E-state index contributed by atoms with van der Waals surface area (Å²) in [5, 5.41) is 6.08. The van der Waals surface area contributed by atoms with Gasteiger partial charge in [-0.05, 0) is 79.4 Å². The summed E-state index contributed by atoms with van der Waals surface area (Å²) in [5.41, 5.74) is 3.58. The summed E-state index contributed by atoms with van der Waals surface area (Å²) in [6.45, 7) is 4.41. The molecule has 0 aliphatic carbocycles. The predicted octanol–water partition coefficient (Wildman–Crippen LogP) is 4.09. The van der Waals surface area contributed by atoms with Crippen molar-refractivity contribution in [3.05, 3.63) is 89.7 Å². The Morgan fingerprint density at radius 3 is 2.48 bits per heavy atom. The lowest BCUT2D eigenvalue weighted by Crippen LogP contribution is -2.69. The van der Waals surface area contributed by atoms with Gasteiger partial charge in [0.15, 0.2) is 0 Å². The molecule has 0 bridgehead atoms. The summed E-state index contributed by atoms with van der Waals surface area (Å²) in [6, 6.07) is 21.6. The number of rotatable bonds is 5. The average Bonchev–Trinajstić information content (AvgIpc) is 2.96. The molecule has 2 saturated heterocycles. The van der Waals surface area contributed by atoms with Gasteiger partial charge in [0.2, 0.25) is 5.91 Å². The molecule has 0 saturated carbocycles. The van der Waals surface area contributed by atoms with E-state index in [9.17, 15) is 9.59 Å². The molecule has 2 aliphatic heterocycles. The molecule has 8 heteroatoms. The minimum absolute atomic E-state index is 0.0325. The highest BCUT2D eigenvalue weighted by Crippen LogP contribution is 2.42. The number of nitrogens with one attached hydrogen (secondary N) is 2. The lowest BCUT2D eigenvalue weighted by atomic mass is 9.73. The van der Waals surface area contributed by atoms with Crippen LogP contribution < -0.4 is 15.4 Å². The van der Waals surface area contributed by atoms with Crippen LogP contribution in [0, 0.1) is 11.8 Å². The molecule has 3 aromatic rings. The highest BCUT2D eigenvalue weighted by molar-refractivity contribution is 5.89. The number of pyridine rings is 1. The average molecular weight is 538 g/mol. The van der Waals surface area contributed by atoms with Gasteiger partial charge in [-0.1, -0.05) is 24.1 Å². The van der Waals surface area contributed by atoms with E-state index in [-0.39, 0.29) is 29.9 Å². The van der Waals surface area contributed by atoms with E-state index in [2.05, 4.69) is 44.5 Å². The second-order valence-corrected chi connectivity index (χ2v) is 10.2. The van der Waals surface area contributed by atoms with Gasteiger partial charge in [0.25, 0.3) is 0 Å². The zero-order valence-corrected chi connectivity index (χ0v) is 23.0. The maximum absolute atomic E-state index is 13.3. The van der Waals surface area contributed by atoms with Gasteiger partial charge < -0.3 is 20.3 Å². The third kappa shape index (κ3) is 6.44. The Bertz CT molecular complexity index is 1370. The van der Waals surface area contributed by atoms with Crippen molar-refractivity contribution in [2.24, 2.45) is 0 Å². The predicted molar refractivity (Wildman–Crippen MR) is 155 cm³/mol. The Morgan fingerprint density at radius 1 is 1.00 bits per heavy atom. The first-order valence-corrected chi connectivity index (χ1v) is 13.7. The van der Waals surface area contributed by atoms with E-state index in [0.29, 0.717) is 19.6 Å². The Morgan fingerprint density at radius 2 is 1.77 bits per heavy atom. The van der Waals surface area contributed by atoms with Gasteiger partial charge in [0, 0.05) is 62.0 Å². The Kier molecular flexibility index (Phi) is 8.62. The lowest BCUT2D eigenvalue weighted by molar-refractivity contribution is -0.120. The van der Waals surface area contributed by atoms with Crippen LogP contribution in [0.4, 0.5) is 10.5 Å². The van der Waals surface area contributed by atoms with Crippen LogP contribution in [0.2, 0.25) is 0 Å². The van der Waals surface area contributed by atoms with Crippen molar-refractivity contribution in [1.82, 2.24) is 20.1 Å². The third-order valence-corrected chi connectivity index (χ3v) is 7.67. The number of methoxy groups -OCH3 is 1. The number of carbonyl (C=O) groups is 2. The molecular formula is C32H35N5O3. The molecule has 8 nitrogen and oxygen atoms in total. The normalized spacial score (nSPS) is 20.4. The van der Waals surface area contributed by atoms with Crippen LogP contribution in [0.25, 0.3) is 0 Å². The fourth-order valence-electron chi connectivity index (χ4n) is 5.64. The van der Waals surface area contributed by atoms with Gasteiger partial charge in [-0.2, -0.15) is 0 Å². The monoisotopic (exact) mass is 537 g/mol. The van der Waals surface area contributed by atoms with E-state index < -0.39 is 0 Å². The van der Waals surface area contributed by atoms with Crippen molar-refractivity contribution in [3.8, 4) is 17.6 Å². The van der Waals surface area contributed by atoms with Crippen LogP contribution in [0.15, 0.2) is 72.9 Å². The number of amides is 3. The fourth-order valence-corrected chi connectivity index (χ4v) is 5.64. The number of carbonyl (C=O) groups excluding carboxylic acids is 2. The molecule has 2 N–H and O–H groups in total. The number of hydrogen-bond acceptors (Lipinski definition) is 5. The van der Waals surface area contributed by atoms with Crippen molar-refractivity contribution in [1.29, 1.82) is 0 Å². The highest BCUT2D eigenvalue weighted by Gasteiger charge is 2.49. The second kappa shape index (κ2) is 12.7. The third-order valence-electron chi connectivity index (χ3n) is 7.67. The standard InChI is InChI=1S/C32H35N5O3/c1-23(38)34-21-29-31(25-11-8-24(9-12-25)10-13-26-7-3-4-18-33-26)30-22-36(19-5-6-20-37(29)30)32(39)35-27-14-16-28(40-2)17-15-27/h3-4,7-9,11-12,14-18,29-31H,5-6,19-22H2,1-2H3,(H,34,38)(H,35,39)/t29-,30+,31+/m1/s1. The molecule has 0 spiro atoms. The van der Waals surface area contributed by atoms with Gasteiger partial charge >= 0.3 is 6.03 Å². The molecule has 3 amide bonds. The minimum atomic E-state index is -0.101. The molecule has 2 fully saturated rings. The van der Waals surface area contributed by atoms with Crippen LogP contribution in [-0.4, -0.2) is 72.1 Å². The van der Waals surface area contributed by atoms with Gasteiger partial charge in [-0.3, -0.25) is 9.69 Å². The van der Waals surface area contributed by atoms with E-state index in [1.807, 2.05) is 59.5 Å². The van der Waals surface area contributed by atoms with Crippen LogP contribution >= 0.6 is 0 Å². The van der Waals surface area contributed by atoms with E-state index in [1.54, 1.807) is 20.2 Å². The summed E-state index contributed by atoms with van der Waals surface area (Å²) in [6.07, 6.45) is 3.66. The summed E-state index contributed by atoms with van der Waals surface area (Å²) < 4.78 is 5.23. The number of anilines is 1. The van der Waals surface area contributed by atoms with Gasteiger partial charge in [0.05, 0.1) is 7.11 Å². The first-order chi connectivity index (χ1) is 19.5. The van der Waals surface area contributed by atoms with Crippen molar-refractivity contribution in [3.63, 3.8) is 0 Å². The number of benzene rings is 2. The van der Waals surface area contributed by atoms with Crippen LogP contribution in [-0.2, 0) is 4.79 Å². The van der Waals surface area contributed by atoms with Crippen LogP contribution in [0.5, 0.6) is 5.75 Å².